The van der Waals surface area contributed by atoms with Crippen molar-refractivity contribution in [3.8, 4) is 0 Å². The first-order valence-corrected chi connectivity index (χ1v) is 11.7. The van der Waals surface area contributed by atoms with Crippen LogP contribution in [0.4, 0.5) is 0 Å². The first-order valence-electron chi connectivity index (χ1n) is 11.7. The number of likely N-dealkylation sites (tertiary alicyclic amines) is 1. The molecule has 2 aromatic rings. The Hall–Kier alpha value is -2.18. The second kappa shape index (κ2) is 9.96. The normalized spacial score (nSPS) is 19.1. The van der Waals surface area contributed by atoms with E-state index < -0.39 is 0 Å². The van der Waals surface area contributed by atoms with Gasteiger partial charge in [-0.15, -0.1) is 0 Å². The average Bonchev–Trinajstić information content (AvgIpc) is 3.08. The maximum atomic E-state index is 12.7. The molecule has 0 radical (unpaired) electrons. The largest absolute Gasteiger partial charge is 0.341 e. The Morgan fingerprint density at radius 1 is 0.968 bits per heavy atom. The van der Waals surface area contributed by atoms with Gasteiger partial charge in [0.25, 0.3) is 0 Å². The van der Waals surface area contributed by atoms with E-state index in [-0.39, 0.29) is 5.91 Å². The molecule has 2 saturated heterocycles. The molecule has 4 rings (SSSR count). The monoisotopic (exact) mass is 423 g/mol. The summed E-state index contributed by atoms with van der Waals surface area (Å²) in [5.74, 6) is 0.860. The van der Waals surface area contributed by atoms with Crippen LogP contribution in [0.3, 0.4) is 0 Å². The van der Waals surface area contributed by atoms with Gasteiger partial charge in [0.2, 0.25) is 5.91 Å². The molecular formula is C25H37N5O. The summed E-state index contributed by atoms with van der Waals surface area (Å²) in [7, 11) is 2.20. The lowest BCUT2D eigenvalue weighted by atomic mass is 9.90. The smallest absolute Gasteiger partial charge is 0.244 e. The van der Waals surface area contributed by atoms with Crippen LogP contribution in [0.25, 0.3) is 0 Å². The molecule has 2 aliphatic heterocycles. The number of carbonyl (C=O) groups is 1. The number of hydrogen-bond donors (Lipinski definition) is 0. The van der Waals surface area contributed by atoms with Crippen molar-refractivity contribution in [2.45, 2.75) is 46.2 Å². The average molecular weight is 424 g/mol. The number of carbonyl (C=O) groups excluding carboxylic acids is 1. The fourth-order valence-electron chi connectivity index (χ4n) is 4.83. The number of benzene rings is 1. The zero-order chi connectivity index (χ0) is 21.8. The van der Waals surface area contributed by atoms with Crippen LogP contribution < -0.4 is 0 Å². The van der Waals surface area contributed by atoms with Crippen molar-refractivity contribution >= 4 is 5.91 Å². The number of hydrogen-bond acceptors (Lipinski definition) is 4. The molecule has 0 aliphatic carbocycles. The summed E-state index contributed by atoms with van der Waals surface area (Å²) in [6.07, 6.45) is 3.30. The van der Waals surface area contributed by atoms with E-state index in [1.807, 2.05) is 29.5 Å². The Labute approximate surface area is 186 Å². The minimum Gasteiger partial charge on any atom is -0.341 e. The maximum absolute atomic E-state index is 12.7. The van der Waals surface area contributed by atoms with Crippen molar-refractivity contribution in [2.24, 2.45) is 5.92 Å². The van der Waals surface area contributed by atoms with E-state index in [1.54, 1.807) is 0 Å². The Kier molecular flexibility index (Phi) is 7.08. The van der Waals surface area contributed by atoms with Crippen LogP contribution in [0.1, 0.15) is 35.4 Å². The van der Waals surface area contributed by atoms with Crippen molar-refractivity contribution in [1.82, 2.24) is 24.5 Å². The third-order valence-corrected chi connectivity index (χ3v) is 6.91. The molecule has 6 heteroatoms. The molecule has 6 nitrogen and oxygen atoms in total. The van der Waals surface area contributed by atoms with E-state index in [0.29, 0.717) is 12.5 Å². The Bertz CT molecular complexity index is 859. The highest BCUT2D eigenvalue weighted by Crippen LogP contribution is 2.22. The minimum absolute atomic E-state index is 0.193. The molecule has 0 N–H and O–H groups in total. The molecule has 2 fully saturated rings. The van der Waals surface area contributed by atoms with Crippen LogP contribution in [0.5, 0.6) is 0 Å². The van der Waals surface area contributed by atoms with Crippen LogP contribution in [-0.4, -0.2) is 76.7 Å². The van der Waals surface area contributed by atoms with E-state index in [1.165, 1.54) is 24.2 Å². The van der Waals surface area contributed by atoms with Crippen LogP contribution in [-0.2, 0) is 24.3 Å². The summed E-state index contributed by atoms with van der Waals surface area (Å²) in [6, 6.07) is 11.3. The first kappa shape index (κ1) is 22.0. The lowest BCUT2D eigenvalue weighted by Crippen LogP contribution is -2.43. The first-order chi connectivity index (χ1) is 15.0. The summed E-state index contributed by atoms with van der Waals surface area (Å²) in [5, 5.41) is 4.43. The molecule has 0 atom stereocenters. The predicted molar refractivity (Wildman–Crippen MR) is 124 cm³/mol. The van der Waals surface area contributed by atoms with Gasteiger partial charge in [0, 0.05) is 51.5 Å². The standard InChI is InChI=1S/C25H37N5O/c1-20-16-21(2)30(26-20)19-25(31)29-10-8-23(9-11-29)17-22-4-6-24(7-5-22)18-28-14-12-27(3)13-15-28/h4-7,16,23H,8-15,17-19H2,1-3H3. The Morgan fingerprint density at radius 2 is 1.61 bits per heavy atom. The van der Waals surface area contributed by atoms with Gasteiger partial charge in [-0.25, -0.2) is 0 Å². The third-order valence-electron chi connectivity index (χ3n) is 6.91. The van der Waals surface area contributed by atoms with Gasteiger partial charge in [-0.2, -0.15) is 5.10 Å². The molecule has 3 heterocycles. The number of aromatic nitrogens is 2. The molecule has 2 aliphatic rings. The highest BCUT2D eigenvalue weighted by Gasteiger charge is 2.23. The van der Waals surface area contributed by atoms with Gasteiger partial charge in [-0.05, 0) is 63.3 Å². The van der Waals surface area contributed by atoms with E-state index in [9.17, 15) is 4.79 Å². The lowest BCUT2D eigenvalue weighted by molar-refractivity contribution is -0.133. The van der Waals surface area contributed by atoms with Gasteiger partial charge >= 0.3 is 0 Å². The van der Waals surface area contributed by atoms with E-state index in [0.717, 1.165) is 63.4 Å². The molecule has 31 heavy (non-hydrogen) atoms. The number of piperazine rings is 1. The van der Waals surface area contributed by atoms with Crippen molar-refractivity contribution in [3.05, 3.63) is 52.8 Å². The number of rotatable bonds is 6. The molecule has 1 amide bonds. The highest BCUT2D eigenvalue weighted by molar-refractivity contribution is 5.76. The second-order valence-electron chi connectivity index (χ2n) is 9.51. The molecule has 0 unspecified atom stereocenters. The molecular weight excluding hydrogens is 386 g/mol. The summed E-state index contributed by atoms with van der Waals surface area (Å²) in [5.41, 5.74) is 4.86. The SMILES string of the molecule is Cc1cc(C)n(CC(=O)N2CCC(Cc3ccc(CN4CCN(C)CC4)cc3)CC2)n1. The second-order valence-corrected chi connectivity index (χ2v) is 9.51. The highest BCUT2D eigenvalue weighted by atomic mass is 16.2. The Balaban J connectivity index is 1.21. The zero-order valence-electron chi connectivity index (χ0n) is 19.4. The van der Waals surface area contributed by atoms with Crippen LogP contribution in [0.15, 0.2) is 30.3 Å². The predicted octanol–water partition coefficient (Wildman–Crippen LogP) is 2.73. The molecule has 168 valence electrons. The number of aryl methyl sites for hydroxylation is 2. The Morgan fingerprint density at radius 3 is 2.23 bits per heavy atom. The van der Waals surface area contributed by atoms with Gasteiger partial charge in [0.15, 0.2) is 0 Å². The maximum Gasteiger partial charge on any atom is 0.244 e. The van der Waals surface area contributed by atoms with E-state index in [2.05, 4.69) is 46.2 Å². The summed E-state index contributed by atoms with van der Waals surface area (Å²) >= 11 is 0. The fraction of sp³-hybridized carbons (Fsp3) is 0.600. The van der Waals surface area contributed by atoms with Crippen LogP contribution >= 0.6 is 0 Å². The van der Waals surface area contributed by atoms with Crippen molar-refractivity contribution in [3.63, 3.8) is 0 Å². The molecule has 0 bridgehead atoms. The molecule has 1 aromatic carbocycles. The zero-order valence-corrected chi connectivity index (χ0v) is 19.4. The number of likely N-dealkylation sites (N-methyl/N-ethyl adjacent to an activating group) is 1. The van der Waals surface area contributed by atoms with Gasteiger partial charge in [0.1, 0.15) is 6.54 Å². The summed E-state index contributed by atoms with van der Waals surface area (Å²) < 4.78 is 1.83. The van der Waals surface area contributed by atoms with Crippen molar-refractivity contribution < 1.29 is 4.79 Å². The quantitative estimate of drug-likeness (QED) is 0.717. The van der Waals surface area contributed by atoms with Gasteiger partial charge in [-0.3, -0.25) is 14.4 Å². The summed E-state index contributed by atoms with van der Waals surface area (Å²) in [6.45, 7) is 11.8. The molecule has 0 saturated carbocycles. The van der Waals surface area contributed by atoms with Gasteiger partial charge in [-0.1, -0.05) is 24.3 Å². The minimum atomic E-state index is 0.193. The van der Waals surface area contributed by atoms with Gasteiger partial charge in [0.05, 0.1) is 5.69 Å². The lowest BCUT2D eigenvalue weighted by Gasteiger charge is -2.32. The molecule has 1 aromatic heterocycles. The number of piperidine rings is 1. The fourth-order valence-corrected chi connectivity index (χ4v) is 4.83. The molecule has 0 spiro atoms. The van der Waals surface area contributed by atoms with Crippen molar-refractivity contribution in [2.75, 3.05) is 46.3 Å². The topological polar surface area (TPSA) is 44.6 Å². The van der Waals surface area contributed by atoms with Gasteiger partial charge < -0.3 is 9.80 Å². The third kappa shape index (κ3) is 5.95. The number of amides is 1. The van der Waals surface area contributed by atoms with E-state index >= 15 is 0 Å². The van der Waals surface area contributed by atoms with Crippen LogP contribution in [0, 0.1) is 19.8 Å². The number of nitrogens with zero attached hydrogens (tertiary/aromatic N) is 5. The summed E-state index contributed by atoms with van der Waals surface area (Å²) in [4.78, 5) is 19.6. The van der Waals surface area contributed by atoms with E-state index in [4.69, 9.17) is 0 Å². The van der Waals surface area contributed by atoms with Crippen LogP contribution in [0.2, 0.25) is 0 Å². The van der Waals surface area contributed by atoms with Crippen molar-refractivity contribution in [1.29, 1.82) is 0 Å².